The van der Waals surface area contributed by atoms with E-state index in [0.717, 1.165) is 37.0 Å². The standard InChI is InChI=1S/C29H35NO5/c1-20(2)27(31)35-19-34-23-12-11-22-16-26-24-10-6-7-13-29(24,25(22)17-23)14-15-30(26)28(32)33-18-21-8-4-3-5-9-21/h3-5,8-9,11-12,17,20,24,26H,6-7,10,13-16,18-19H2,1-2H3/t24-,26-,29+/m1/s1. The molecule has 0 unspecified atom stereocenters. The lowest BCUT2D eigenvalue weighted by Crippen LogP contribution is -2.62. The second-order valence-corrected chi connectivity index (χ2v) is 10.5. The van der Waals surface area contributed by atoms with Crippen LogP contribution in [-0.2, 0) is 32.7 Å². The first kappa shape index (κ1) is 23.7. The maximum Gasteiger partial charge on any atom is 0.410 e. The molecule has 1 saturated carbocycles. The number of fused-ring (bicyclic) bond motifs is 1. The highest BCUT2D eigenvalue weighted by Crippen LogP contribution is 2.56. The number of carbonyl (C=O) groups excluding carboxylic acids is 2. The van der Waals surface area contributed by atoms with E-state index in [0.29, 0.717) is 19.1 Å². The maximum absolute atomic E-state index is 13.2. The Morgan fingerprint density at radius 3 is 2.69 bits per heavy atom. The van der Waals surface area contributed by atoms with Gasteiger partial charge in [0.05, 0.1) is 5.92 Å². The quantitative estimate of drug-likeness (QED) is 0.399. The molecule has 5 rings (SSSR count). The molecule has 35 heavy (non-hydrogen) atoms. The summed E-state index contributed by atoms with van der Waals surface area (Å²) in [4.78, 5) is 26.9. The van der Waals surface area contributed by atoms with Crippen molar-refractivity contribution in [3.8, 4) is 5.75 Å². The van der Waals surface area contributed by atoms with Gasteiger partial charge in [-0.2, -0.15) is 0 Å². The Bertz CT molecular complexity index is 1070. The number of rotatable bonds is 6. The van der Waals surface area contributed by atoms with Gasteiger partial charge >= 0.3 is 12.1 Å². The lowest BCUT2D eigenvalue weighted by atomic mass is 9.52. The van der Waals surface area contributed by atoms with Crippen molar-refractivity contribution in [1.82, 2.24) is 4.90 Å². The number of amides is 1. The van der Waals surface area contributed by atoms with Crippen LogP contribution in [-0.4, -0.2) is 36.3 Å². The van der Waals surface area contributed by atoms with E-state index in [9.17, 15) is 9.59 Å². The zero-order valence-corrected chi connectivity index (χ0v) is 20.7. The van der Waals surface area contributed by atoms with Gasteiger partial charge in [0.25, 0.3) is 0 Å². The van der Waals surface area contributed by atoms with Gasteiger partial charge in [-0.3, -0.25) is 4.79 Å². The summed E-state index contributed by atoms with van der Waals surface area (Å²) in [7, 11) is 0. The Morgan fingerprint density at radius 2 is 1.89 bits per heavy atom. The SMILES string of the molecule is CC(C)C(=O)OCOc1ccc2c(c1)[C@]13CCCC[C@@H]1[C@@H](C2)N(C(=O)OCc1ccccc1)CC3. The first-order chi connectivity index (χ1) is 17.0. The Hall–Kier alpha value is -3.02. The predicted molar refractivity (Wildman–Crippen MR) is 132 cm³/mol. The Kier molecular flexibility index (Phi) is 6.72. The molecule has 2 bridgehead atoms. The van der Waals surface area contributed by atoms with Crippen LogP contribution < -0.4 is 4.74 Å². The molecule has 1 aliphatic heterocycles. The monoisotopic (exact) mass is 477 g/mol. The summed E-state index contributed by atoms with van der Waals surface area (Å²) in [5.74, 6) is 0.728. The van der Waals surface area contributed by atoms with E-state index < -0.39 is 0 Å². The van der Waals surface area contributed by atoms with Gasteiger partial charge in [0.1, 0.15) is 12.4 Å². The van der Waals surface area contributed by atoms with Gasteiger partial charge in [0.15, 0.2) is 0 Å². The van der Waals surface area contributed by atoms with Gasteiger partial charge in [0, 0.05) is 18.0 Å². The average Bonchev–Trinajstić information content (AvgIpc) is 2.88. The number of hydrogen-bond donors (Lipinski definition) is 0. The van der Waals surface area contributed by atoms with Crippen LogP contribution in [0.2, 0.25) is 0 Å². The molecule has 3 aliphatic rings. The van der Waals surface area contributed by atoms with E-state index in [1.807, 2.05) is 55.1 Å². The van der Waals surface area contributed by atoms with Crippen molar-refractivity contribution >= 4 is 12.1 Å². The van der Waals surface area contributed by atoms with Crippen molar-refractivity contribution in [1.29, 1.82) is 0 Å². The fourth-order valence-corrected chi connectivity index (χ4v) is 6.43. The number of carbonyl (C=O) groups is 2. The summed E-state index contributed by atoms with van der Waals surface area (Å²) in [6.07, 6.45) is 6.25. The van der Waals surface area contributed by atoms with Crippen LogP contribution in [0.5, 0.6) is 5.75 Å². The number of hydrogen-bond acceptors (Lipinski definition) is 5. The van der Waals surface area contributed by atoms with E-state index >= 15 is 0 Å². The van der Waals surface area contributed by atoms with Crippen LogP contribution in [0.3, 0.4) is 0 Å². The Morgan fingerprint density at radius 1 is 1.06 bits per heavy atom. The fraction of sp³-hybridized carbons (Fsp3) is 0.517. The molecule has 0 aromatic heterocycles. The average molecular weight is 478 g/mol. The topological polar surface area (TPSA) is 65.1 Å². The molecule has 0 N–H and O–H groups in total. The van der Waals surface area contributed by atoms with E-state index in [1.54, 1.807) is 0 Å². The van der Waals surface area contributed by atoms with Crippen molar-refractivity contribution in [3.05, 3.63) is 65.2 Å². The fourth-order valence-electron chi connectivity index (χ4n) is 6.43. The van der Waals surface area contributed by atoms with E-state index in [-0.39, 0.29) is 36.2 Å². The number of ether oxygens (including phenoxy) is 3. The summed E-state index contributed by atoms with van der Waals surface area (Å²) in [6.45, 7) is 4.56. The predicted octanol–water partition coefficient (Wildman–Crippen LogP) is 5.62. The van der Waals surface area contributed by atoms with Crippen molar-refractivity contribution in [2.75, 3.05) is 13.3 Å². The number of esters is 1. The first-order valence-electron chi connectivity index (χ1n) is 12.9. The highest BCUT2D eigenvalue weighted by atomic mass is 16.7. The molecular weight excluding hydrogens is 442 g/mol. The van der Waals surface area contributed by atoms with Gasteiger partial charge < -0.3 is 19.1 Å². The number of piperidine rings is 1. The lowest BCUT2D eigenvalue weighted by molar-refractivity contribution is -0.153. The van der Waals surface area contributed by atoms with Gasteiger partial charge in [-0.05, 0) is 60.4 Å². The molecular formula is C29H35NO5. The molecule has 3 atom stereocenters. The Balaban J connectivity index is 1.33. The number of likely N-dealkylation sites (tertiary alicyclic amines) is 1. The zero-order chi connectivity index (χ0) is 24.4. The van der Waals surface area contributed by atoms with Crippen molar-refractivity contribution in [2.24, 2.45) is 11.8 Å². The van der Waals surface area contributed by atoms with E-state index in [1.165, 1.54) is 24.0 Å². The van der Waals surface area contributed by atoms with Crippen molar-refractivity contribution in [2.45, 2.75) is 70.4 Å². The minimum absolute atomic E-state index is 0.0701. The summed E-state index contributed by atoms with van der Waals surface area (Å²) in [5, 5.41) is 0. The van der Waals surface area contributed by atoms with Crippen LogP contribution in [0, 0.1) is 11.8 Å². The van der Waals surface area contributed by atoms with Crippen LogP contribution in [0.4, 0.5) is 4.79 Å². The number of nitrogens with zero attached hydrogens (tertiary/aromatic N) is 1. The molecule has 2 aromatic rings. The zero-order valence-electron chi connectivity index (χ0n) is 20.7. The van der Waals surface area contributed by atoms with Crippen LogP contribution >= 0.6 is 0 Å². The van der Waals surface area contributed by atoms with Crippen molar-refractivity contribution in [3.63, 3.8) is 0 Å². The van der Waals surface area contributed by atoms with Gasteiger partial charge in [-0.1, -0.05) is 63.1 Å². The third-order valence-electron chi connectivity index (χ3n) is 8.15. The van der Waals surface area contributed by atoms with Crippen molar-refractivity contribution < 1.29 is 23.8 Å². The van der Waals surface area contributed by atoms with Crippen LogP contribution in [0.25, 0.3) is 0 Å². The second-order valence-electron chi connectivity index (χ2n) is 10.5. The minimum atomic E-state index is -0.261. The molecule has 1 heterocycles. The number of benzene rings is 2. The van der Waals surface area contributed by atoms with E-state index in [2.05, 4.69) is 12.1 Å². The highest BCUT2D eigenvalue weighted by Gasteiger charge is 2.55. The molecule has 2 aromatic carbocycles. The molecule has 6 heteroatoms. The largest absolute Gasteiger partial charge is 0.457 e. The summed E-state index contributed by atoms with van der Waals surface area (Å²) in [5.41, 5.74) is 3.73. The van der Waals surface area contributed by atoms with Crippen LogP contribution in [0.1, 0.15) is 62.6 Å². The normalized spacial score (nSPS) is 24.8. The second kappa shape index (κ2) is 9.92. The Labute approximate surface area is 207 Å². The molecule has 6 nitrogen and oxygen atoms in total. The van der Waals surface area contributed by atoms with Gasteiger partial charge in [-0.25, -0.2) is 4.79 Å². The molecule has 186 valence electrons. The van der Waals surface area contributed by atoms with Gasteiger partial charge in [0.2, 0.25) is 6.79 Å². The maximum atomic E-state index is 13.2. The smallest absolute Gasteiger partial charge is 0.410 e. The lowest BCUT2D eigenvalue weighted by Gasteiger charge is -2.58. The molecule has 0 radical (unpaired) electrons. The molecule has 1 saturated heterocycles. The summed E-state index contributed by atoms with van der Waals surface area (Å²) < 4.78 is 16.8. The molecule has 1 amide bonds. The minimum Gasteiger partial charge on any atom is -0.457 e. The molecule has 2 fully saturated rings. The third kappa shape index (κ3) is 4.63. The third-order valence-corrected chi connectivity index (χ3v) is 8.15. The molecule has 2 aliphatic carbocycles. The highest BCUT2D eigenvalue weighted by molar-refractivity contribution is 5.71. The van der Waals surface area contributed by atoms with Crippen LogP contribution in [0.15, 0.2) is 48.5 Å². The summed E-state index contributed by atoms with van der Waals surface area (Å²) >= 11 is 0. The first-order valence-corrected chi connectivity index (χ1v) is 12.9. The summed E-state index contributed by atoms with van der Waals surface area (Å²) in [6, 6.07) is 16.3. The van der Waals surface area contributed by atoms with E-state index in [4.69, 9.17) is 14.2 Å². The van der Waals surface area contributed by atoms with Gasteiger partial charge in [-0.15, -0.1) is 0 Å². The molecule has 0 spiro atoms.